The van der Waals surface area contributed by atoms with E-state index in [1.165, 1.54) is 0 Å². The number of halogens is 1. The fourth-order valence-corrected chi connectivity index (χ4v) is 1.53. The van der Waals surface area contributed by atoms with Gasteiger partial charge in [0, 0.05) is 5.02 Å². The maximum absolute atomic E-state index is 10.8. The van der Waals surface area contributed by atoms with Crippen molar-refractivity contribution >= 4 is 17.9 Å². The van der Waals surface area contributed by atoms with Crippen molar-refractivity contribution in [3.63, 3.8) is 0 Å². The van der Waals surface area contributed by atoms with Crippen LogP contribution in [0.1, 0.15) is 37.0 Å². The van der Waals surface area contributed by atoms with Crippen LogP contribution in [0.25, 0.3) is 0 Å². The number of benzene rings is 1. The summed E-state index contributed by atoms with van der Waals surface area (Å²) in [6.45, 7) is 4.12. The summed E-state index contributed by atoms with van der Waals surface area (Å²) < 4.78 is 5.70. The Labute approximate surface area is 95.2 Å². The fraction of sp³-hybridized carbons (Fsp3) is 0.417. The minimum absolute atomic E-state index is 0.157. The molecule has 15 heavy (non-hydrogen) atoms. The lowest BCUT2D eigenvalue weighted by Crippen LogP contribution is -2.14. The van der Waals surface area contributed by atoms with Crippen LogP contribution in [0.5, 0.6) is 5.75 Å². The normalized spacial score (nSPS) is 10.4. The van der Waals surface area contributed by atoms with Gasteiger partial charge in [-0.05, 0) is 31.0 Å². The molecule has 1 rings (SSSR count). The van der Waals surface area contributed by atoms with Gasteiger partial charge in [0.15, 0.2) is 6.29 Å². The first-order valence-electron chi connectivity index (χ1n) is 5.12. The SMILES string of the molecule is CCC(CC)Oc1ccc(Cl)cc1C=O. The molecular weight excluding hydrogens is 212 g/mol. The highest BCUT2D eigenvalue weighted by Crippen LogP contribution is 2.23. The van der Waals surface area contributed by atoms with Crippen molar-refractivity contribution in [2.24, 2.45) is 0 Å². The molecule has 0 fully saturated rings. The molecule has 0 N–H and O–H groups in total. The van der Waals surface area contributed by atoms with E-state index in [4.69, 9.17) is 16.3 Å². The van der Waals surface area contributed by atoms with Crippen LogP contribution < -0.4 is 4.74 Å². The third kappa shape index (κ3) is 3.24. The number of carbonyl (C=O) groups is 1. The topological polar surface area (TPSA) is 26.3 Å². The smallest absolute Gasteiger partial charge is 0.153 e. The van der Waals surface area contributed by atoms with Crippen molar-refractivity contribution in [2.45, 2.75) is 32.8 Å². The molecule has 0 aromatic heterocycles. The molecular formula is C12H15ClO2. The van der Waals surface area contributed by atoms with Gasteiger partial charge < -0.3 is 4.74 Å². The van der Waals surface area contributed by atoms with Crippen molar-refractivity contribution in [2.75, 3.05) is 0 Å². The van der Waals surface area contributed by atoms with Crippen LogP contribution in [0.3, 0.4) is 0 Å². The van der Waals surface area contributed by atoms with Crippen molar-refractivity contribution in [3.05, 3.63) is 28.8 Å². The zero-order chi connectivity index (χ0) is 11.3. The van der Waals surface area contributed by atoms with Crippen LogP contribution in [0.4, 0.5) is 0 Å². The van der Waals surface area contributed by atoms with Crippen LogP contribution in [0.15, 0.2) is 18.2 Å². The van der Waals surface area contributed by atoms with E-state index in [1.54, 1.807) is 18.2 Å². The van der Waals surface area contributed by atoms with Gasteiger partial charge in [-0.1, -0.05) is 25.4 Å². The first-order valence-corrected chi connectivity index (χ1v) is 5.50. The first-order chi connectivity index (χ1) is 7.21. The fourth-order valence-electron chi connectivity index (χ4n) is 1.35. The maximum Gasteiger partial charge on any atom is 0.153 e. The van der Waals surface area contributed by atoms with Gasteiger partial charge >= 0.3 is 0 Å². The first kappa shape index (κ1) is 12.1. The van der Waals surface area contributed by atoms with Crippen molar-refractivity contribution in [1.82, 2.24) is 0 Å². The molecule has 0 aliphatic carbocycles. The molecule has 0 unspecified atom stereocenters. The van der Waals surface area contributed by atoms with E-state index in [1.807, 2.05) is 0 Å². The van der Waals surface area contributed by atoms with E-state index in [0.29, 0.717) is 16.3 Å². The van der Waals surface area contributed by atoms with E-state index < -0.39 is 0 Å². The standard InChI is InChI=1S/C12H15ClO2/c1-3-11(4-2)15-12-6-5-10(13)7-9(12)8-14/h5-8,11H,3-4H2,1-2H3. The van der Waals surface area contributed by atoms with E-state index in [2.05, 4.69) is 13.8 Å². The number of aldehydes is 1. The average molecular weight is 227 g/mol. The molecule has 0 amide bonds. The zero-order valence-electron chi connectivity index (χ0n) is 9.00. The summed E-state index contributed by atoms with van der Waals surface area (Å²) in [5, 5.41) is 0.550. The predicted molar refractivity (Wildman–Crippen MR) is 61.8 cm³/mol. The molecule has 2 nitrogen and oxygen atoms in total. The molecule has 3 heteroatoms. The Balaban J connectivity index is 2.88. The quantitative estimate of drug-likeness (QED) is 0.716. The number of hydrogen-bond donors (Lipinski definition) is 0. The molecule has 1 aromatic rings. The van der Waals surface area contributed by atoms with Gasteiger partial charge in [-0.25, -0.2) is 0 Å². The van der Waals surface area contributed by atoms with Crippen molar-refractivity contribution < 1.29 is 9.53 Å². The molecule has 0 atom stereocenters. The molecule has 82 valence electrons. The number of carbonyl (C=O) groups excluding carboxylic acids is 1. The summed E-state index contributed by atoms with van der Waals surface area (Å²) in [4.78, 5) is 10.8. The molecule has 0 saturated carbocycles. The Hall–Kier alpha value is -1.02. The second-order valence-corrected chi connectivity index (χ2v) is 3.79. The van der Waals surface area contributed by atoms with Crippen LogP contribution >= 0.6 is 11.6 Å². The highest BCUT2D eigenvalue weighted by Gasteiger charge is 2.09. The summed E-state index contributed by atoms with van der Waals surface area (Å²) in [5.74, 6) is 0.614. The molecule has 0 aliphatic rings. The van der Waals surface area contributed by atoms with Crippen molar-refractivity contribution in [1.29, 1.82) is 0 Å². The van der Waals surface area contributed by atoms with E-state index in [9.17, 15) is 4.79 Å². The van der Waals surface area contributed by atoms with Gasteiger partial charge in [-0.3, -0.25) is 4.79 Å². The van der Waals surface area contributed by atoms with Gasteiger partial charge in [-0.15, -0.1) is 0 Å². The summed E-state index contributed by atoms with van der Waals surface area (Å²) in [6.07, 6.45) is 2.78. The number of ether oxygens (including phenoxy) is 1. The largest absolute Gasteiger partial charge is 0.490 e. The van der Waals surface area contributed by atoms with Gasteiger partial charge in [-0.2, -0.15) is 0 Å². The summed E-state index contributed by atoms with van der Waals surface area (Å²) in [6, 6.07) is 5.09. The van der Waals surface area contributed by atoms with E-state index >= 15 is 0 Å². The number of hydrogen-bond acceptors (Lipinski definition) is 2. The van der Waals surface area contributed by atoms with Crippen molar-refractivity contribution in [3.8, 4) is 5.75 Å². The Morgan fingerprint density at radius 3 is 2.60 bits per heavy atom. The monoisotopic (exact) mass is 226 g/mol. The van der Waals surface area contributed by atoms with Gasteiger partial charge in [0.1, 0.15) is 5.75 Å². The van der Waals surface area contributed by atoms with E-state index in [-0.39, 0.29) is 6.10 Å². The summed E-state index contributed by atoms with van der Waals surface area (Å²) >= 11 is 5.79. The highest BCUT2D eigenvalue weighted by atomic mass is 35.5. The third-order valence-corrected chi connectivity index (χ3v) is 2.54. The molecule has 0 heterocycles. The lowest BCUT2D eigenvalue weighted by Gasteiger charge is -2.16. The lowest BCUT2D eigenvalue weighted by molar-refractivity contribution is 0.111. The van der Waals surface area contributed by atoms with Gasteiger partial charge in [0.05, 0.1) is 11.7 Å². The molecule has 0 spiro atoms. The third-order valence-electron chi connectivity index (χ3n) is 2.30. The van der Waals surface area contributed by atoms with Crippen LogP contribution in [0, 0.1) is 0 Å². The predicted octanol–water partition coefficient (Wildman–Crippen LogP) is 3.72. The molecule has 0 radical (unpaired) electrons. The average Bonchev–Trinajstić information content (AvgIpc) is 2.27. The highest BCUT2D eigenvalue weighted by molar-refractivity contribution is 6.30. The second-order valence-electron chi connectivity index (χ2n) is 3.36. The Morgan fingerprint density at radius 2 is 2.07 bits per heavy atom. The summed E-state index contributed by atoms with van der Waals surface area (Å²) in [7, 11) is 0. The minimum atomic E-state index is 0.157. The Morgan fingerprint density at radius 1 is 1.40 bits per heavy atom. The Bertz CT molecular complexity index is 332. The Kier molecular flexibility index (Phi) is 4.63. The lowest BCUT2D eigenvalue weighted by atomic mass is 10.2. The molecule has 0 bridgehead atoms. The zero-order valence-corrected chi connectivity index (χ0v) is 9.75. The molecule has 0 aliphatic heterocycles. The second kappa shape index (κ2) is 5.76. The molecule has 0 saturated heterocycles. The van der Waals surface area contributed by atoms with Crippen LogP contribution in [0.2, 0.25) is 5.02 Å². The van der Waals surface area contributed by atoms with Crippen LogP contribution in [-0.4, -0.2) is 12.4 Å². The van der Waals surface area contributed by atoms with Gasteiger partial charge in [0.25, 0.3) is 0 Å². The molecule has 1 aromatic carbocycles. The number of rotatable bonds is 5. The van der Waals surface area contributed by atoms with Gasteiger partial charge in [0.2, 0.25) is 0 Å². The maximum atomic E-state index is 10.8. The van der Waals surface area contributed by atoms with Crippen LogP contribution in [-0.2, 0) is 0 Å². The summed E-state index contributed by atoms with van der Waals surface area (Å²) in [5.41, 5.74) is 0.509. The van der Waals surface area contributed by atoms with E-state index in [0.717, 1.165) is 19.1 Å². The minimum Gasteiger partial charge on any atom is -0.490 e.